The van der Waals surface area contributed by atoms with Crippen molar-refractivity contribution in [2.24, 2.45) is 0 Å². The lowest BCUT2D eigenvalue weighted by Crippen LogP contribution is -2.51. The number of β-amino-alcohol motifs (C(OH)–C–C–N with tert-alkyl or cyclic N) is 1. The van der Waals surface area contributed by atoms with Gasteiger partial charge in [-0.05, 0) is 0 Å². The molecule has 1 aliphatic heterocycles. The van der Waals surface area contributed by atoms with Crippen LogP contribution < -0.4 is 0 Å². The maximum absolute atomic E-state index is 9.92. The van der Waals surface area contributed by atoms with Crippen LogP contribution in [0.15, 0.2) is 0 Å². The number of aliphatic hydroxyl groups is 1. The number of hydrogen-bond donors (Lipinski definition) is 1. The molecule has 0 spiro atoms. The molecule has 1 aliphatic rings. The van der Waals surface area contributed by atoms with E-state index in [9.17, 15) is 5.11 Å². The molecule has 47 valence electrons. The van der Waals surface area contributed by atoms with Gasteiger partial charge < -0.3 is 5.11 Å². The Morgan fingerprint density at radius 1 is 1.62 bits per heavy atom. The lowest BCUT2D eigenvalue weighted by atomic mass is 10.2. The molecule has 1 N–H and O–H groups in total. The quantitative estimate of drug-likeness (QED) is 0.507. The minimum Gasteiger partial charge on any atom is -0.390 e. The highest BCUT2D eigenvalue weighted by atomic mass is 16.3. The van der Waals surface area contributed by atoms with Crippen molar-refractivity contribution in [2.45, 2.75) is 6.10 Å². The van der Waals surface area contributed by atoms with Crippen molar-refractivity contribution in [3.05, 3.63) is 0 Å². The first kappa shape index (κ1) is 6.01. The van der Waals surface area contributed by atoms with Crippen molar-refractivity contribution in [1.82, 2.24) is 4.90 Å². The van der Waals surface area contributed by atoms with E-state index >= 15 is 0 Å². The fraction of sp³-hybridized carbons (Fsp3) is 1.00. The maximum atomic E-state index is 9.92. The summed E-state index contributed by atoms with van der Waals surface area (Å²) in [5.41, 5.74) is 0. The van der Waals surface area contributed by atoms with Gasteiger partial charge in [0.2, 0.25) is 0 Å². The lowest BCUT2D eigenvalue weighted by molar-refractivity contribution is -0.0117. The summed E-state index contributed by atoms with van der Waals surface area (Å²) in [6.07, 6.45) is -0.165. The molecule has 0 aromatic heterocycles. The van der Waals surface area contributed by atoms with Crippen LogP contribution in [0.4, 0.5) is 0 Å². The van der Waals surface area contributed by atoms with Gasteiger partial charge in [0.05, 0.1) is 12.7 Å². The fourth-order valence-corrected chi connectivity index (χ4v) is 0.854. The van der Waals surface area contributed by atoms with Crippen LogP contribution in [0.2, 0.25) is 0 Å². The van der Waals surface area contributed by atoms with E-state index in [2.05, 4.69) is 0 Å². The van der Waals surface area contributed by atoms with Crippen LogP contribution in [0, 0.1) is 0 Å². The van der Waals surface area contributed by atoms with Gasteiger partial charge in [0, 0.05) is 19.6 Å². The van der Waals surface area contributed by atoms with Gasteiger partial charge in [-0.3, -0.25) is 4.90 Å². The van der Waals surface area contributed by atoms with E-state index in [1.165, 1.54) is 0 Å². The zero-order valence-corrected chi connectivity index (χ0v) is 4.71. The molecule has 0 unspecified atom stereocenters. The van der Waals surface area contributed by atoms with Crippen molar-refractivity contribution in [3.8, 4) is 0 Å². The monoisotopic (exact) mass is 116 g/mol. The third kappa shape index (κ3) is 1.18. The second-order valence-electron chi connectivity index (χ2n) is 2.12. The zero-order chi connectivity index (χ0) is 5.98. The average Bonchev–Trinajstić information content (AvgIpc) is 1.64. The molecule has 0 saturated carbocycles. The lowest BCUT2D eigenvalue weighted by Gasteiger charge is -2.34. The molecule has 1 saturated heterocycles. The number of hydrogen-bond acceptors (Lipinski definition) is 2. The Bertz CT molecular complexity index is 68.1. The van der Waals surface area contributed by atoms with Gasteiger partial charge in [0.1, 0.15) is 0 Å². The van der Waals surface area contributed by atoms with Gasteiger partial charge in [-0.25, -0.2) is 5.11 Å². The fourth-order valence-electron chi connectivity index (χ4n) is 0.854. The second kappa shape index (κ2) is 2.44. The van der Waals surface area contributed by atoms with E-state index < -0.39 is 0 Å². The first-order chi connectivity index (χ1) is 3.83. The maximum Gasteiger partial charge on any atom is 0.0949 e. The Balaban J connectivity index is 1.98. The molecule has 0 atom stereocenters. The van der Waals surface area contributed by atoms with E-state index in [1.54, 1.807) is 0 Å². The Morgan fingerprint density at radius 2 is 2.25 bits per heavy atom. The molecule has 0 aromatic rings. The van der Waals surface area contributed by atoms with Crippen molar-refractivity contribution in [2.75, 3.05) is 26.2 Å². The summed E-state index contributed by atoms with van der Waals surface area (Å²) in [5.74, 6) is 0. The van der Waals surface area contributed by atoms with Gasteiger partial charge in [0.25, 0.3) is 0 Å². The van der Waals surface area contributed by atoms with Gasteiger partial charge in [-0.1, -0.05) is 0 Å². The largest absolute Gasteiger partial charge is 0.390 e. The van der Waals surface area contributed by atoms with E-state index in [0.29, 0.717) is 19.6 Å². The van der Waals surface area contributed by atoms with Crippen LogP contribution in [0.25, 0.3) is 0 Å². The highest BCUT2D eigenvalue weighted by Gasteiger charge is 2.22. The summed E-state index contributed by atoms with van der Waals surface area (Å²) in [5, 5.41) is 18.6. The molecule has 8 heavy (non-hydrogen) atoms. The van der Waals surface area contributed by atoms with Crippen molar-refractivity contribution >= 4 is 0 Å². The standard InChI is InChI=1S/C5H10NO2/c7-2-1-6-3-5(8)4-6/h5,8H,1-4H2. The Labute approximate surface area is 48.5 Å². The van der Waals surface area contributed by atoms with Gasteiger partial charge in [0.15, 0.2) is 0 Å². The summed E-state index contributed by atoms with van der Waals surface area (Å²) in [7, 11) is 0. The first-order valence-corrected chi connectivity index (χ1v) is 2.81. The predicted molar refractivity (Wildman–Crippen MR) is 28.0 cm³/mol. The van der Waals surface area contributed by atoms with Crippen LogP contribution in [0.1, 0.15) is 0 Å². The van der Waals surface area contributed by atoms with Gasteiger partial charge in [-0.15, -0.1) is 0 Å². The molecule has 1 fully saturated rings. The van der Waals surface area contributed by atoms with Crippen LogP contribution in [0.5, 0.6) is 0 Å². The van der Waals surface area contributed by atoms with E-state index in [0.717, 1.165) is 0 Å². The van der Waals surface area contributed by atoms with Crippen molar-refractivity contribution in [1.29, 1.82) is 0 Å². The normalized spacial score (nSPS) is 23.2. The van der Waals surface area contributed by atoms with Crippen LogP contribution in [0.3, 0.4) is 0 Å². The van der Waals surface area contributed by atoms with Gasteiger partial charge in [-0.2, -0.15) is 0 Å². The minimum atomic E-state index is -0.165. The van der Waals surface area contributed by atoms with E-state index in [1.807, 2.05) is 4.90 Å². The molecular formula is C5H10NO2. The molecule has 0 bridgehead atoms. The van der Waals surface area contributed by atoms with Crippen LogP contribution >= 0.6 is 0 Å². The van der Waals surface area contributed by atoms with E-state index in [4.69, 9.17) is 5.11 Å². The number of likely N-dealkylation sites (tertiary alicyclic amines) is 1. The predicted octanol–water partition coefficient (Wildman–Crippen LogP) is -0.907. The molecule has 1 heterocycles. The summed E-state index contributed by atoms with van der Waals surface area (Å²) < 4.78 is 0. The minimum absolute atomic E-state index is 0.0489. The topological polar surface area (TPSA) is 43.4 Å². The molecule has 3 nitrogen and oxygen atoms in total. The number of rotatable bonds is 2. The number of nitrogens with zero attached hydrogens (tertiary/aromatic N) is 1. The Hall–Kier alpha value is -0.120. The molecule has 0 aliphatic carbocycles. The molecule has 1 rings (SSSR count). The molecule has 0 amide bonds. The summed E-state index contributed by atoms with van der Waals surface area (Å²) in [6, 6.07) is 0. The highest BCUT2D eigenvalue weighted by Crippen LogP contribution is 2.04. The van der Waals surface area contributed by atoms with Crippen LogP contribution in [-0.4, -0.2) is 42.4 Å². The highest BCUT2D eigenvalue weighted by molar-refractivity contribution is 4.77. The molecular weight excluding hydrogens is 106 g/mol. The third-order valence-electron chi connectivity index (χ3n) is 1.35. The summed E-state index contributed by atoms with van der Waals surface area (Å²) in [6.45, 7) is 1.94. The SMILES string of the molecule is [O]CCN1CC(O)C1. The molecule has 3 heteroatoms. The van der Waals surface area contributed by atoms with E-state index in [-0.39, 0.29) is 12.7 Å². The molecule has 0 aromatic carbocycles. The number of aliphatic hydroxyl groups excluding tert-OH is 1. The van der Waals surface area contributed by atoms with Crippen molar-refractivity contribution < 1.29 is 10.2 Å². The Morgan fingerprint density at radius 3 is 2.62 bits per heavy atom. The van der Waals surface area contributed by atoms with Gasteiger partial charge >= 0.3 is 0 Å². The summed E-state index contributed by atoms with van der Waals surface area (Å²) in [4.78, 5) is 1.94. The Kier molecular flexibility index (Phi) is 1.83. The van der Waals surface area contributed by atoms with Crippen molar-refractivity contribution in [3.63, 3.8) is 0 Å². The smallest absolute Gasteiger partial charge is 0.0949 e. The first-order valence-electron chi connectivity index (χ1n) is 2.81. The van der Waals surface area contributed by atoms with Crippen LogP contribution in [-0.2, 0) is 5.11 Å². The summed E-state index contributed by atoms with van der Waals surface area (Å²) >= 11 is 0. The molecule has 1 radical (unpaired) electrons. The third-order valence-corrected chi connectivity index (χ3v) is 1.35. The average molecular weight is 116 g/mol. The second-order valence-corrected chi connectivity index (χ2v) is 2.12. The zero-order valence-electron chi connectivity index (χ0n) is 4.71.